The lowest BCUT2D eigenvalue weighted by Gasteiger charge is -2.09. The molecule has 29 heavy (non-hydrogen) atoms. The highest BCUT2D eigenvalue weighted by Gasteiger charge is 2.26. The maximum Gasteiger partial charge on any atom is 0.202 e. The minimum atomic E-state index is 0. The Morgan fingerprint density at radius 1 is 1.10 bits per heavy atom. The summed E-state index contributed by atoms with van der Waals surface area (Å²) in [5.41, 5.74) is 2.40. The van der Waals surface area contributed by atoms with Gasteiger partial charge in [-0.05, 0) is 25.5 Å². The van der Waals surface area contributed by atoms with Crippen LogP contribution >= 0.6 is 24.8 Å². The summed E-state index contributed by atoms with van der Waals surface area (Å²) >= 11 is 0. The zero-order valence-corrected chi connectivity index (χ0v) is 17.7. The van der Waals surface area contributed by atoms with Gasteiger partial charge < -0.3 is 14.6 Å². The molecule has 2 aliphatic heterocycles. The van der Waals surface area contributed by atoms with Crippen LogP contribution in [-0.4, -0.2) is 60.8 Å². The molecular weight excluding hydrogens is 415 g/mol. The van der Waals surface area contributed by atoms with Crippen molar-refractivity contribution >= 4 is 24.8 Å². The van der Waals surface area contributed by atoms with Crippen molar-refractivity contribution in [1.29, 1.82) is 0 Å². The van der Waals surface area contributed by atoms with Crippen molar-refractivity contribution < 1.29 is 4.74 Å². The Hall–Kier alpha value is -2.07. The van der Waals surface area contributed by atoms with Gasteiger partial charge in [0.1, 0.15) is 17.2 Å². The van der Waals surface area contributed by atoms with E-state index < -0.39 is 0 Å². The largest absolute Gasteiger partial charge is 0.379 e. The fraction of sp³-hybridized carbons (Fsp3) is 0.500. The summed E-state index contributed by atoms with van der Waals surface area (Å²) in [6.45, 7) is 6.12. The smallest absolute Gasteiger partial charge is 0.202 e. The zero-order chi connectivity index (χ0) is 18.2. The quantitative estimate of drug-likeness (QED) is 0.666. The Balaban J connectivity index is 0.00000120. The number of aromatic nitrogens is 7. The van der Waals surface area contributed by atoms with Crippen LogP contribution < -0.4 is 5.32 Å². The molecule has 156 valence electrons. The fourth-order valence-electron chi connectivity index (χ4n) is 3.57. The number of halogens is 2. The molecule has 1 fully saturated rings. The Bertz CT molecular complexity index is 926. The molecule has 0 radical (unpaired) electrons. The van der Waals surface area contributed by atoms with Crippen LogP contribution in [0.15, 0.2) is 18.3 Å². The first-order valence-electron chi connectivity index (χ1n) is 9.40. The van der Waals surface area contributed by atoms with E-state index in [0.717, 1.165) is 62.1 Å². The number of hydrogen-bond acceptors (Lipinski definition) is 7. The average Bonchev–Trinajstić information content (AvgIpc) is 3.39. The normalized spacial score (nSPS) is 18.4. The third kappa shape index (κ3) is 4.28. The minimum Gasteiger partial charge on any atom is -0.379 e. The second-order valence-electron chi connectivity index (χ2n) is 7.02. The molecule has 1 atom stereocenters. The minimum absolute atomic E-state index is 0. The molecular formula is C18H24Cl2N8O. The Labute approximate surface area is 181 Å². The molecule has 0 spiro atoms. The fourth-order valence-corrected chi connectivity index (χ4v) is 3.57. The maximum atomic E-state index is 5.58. The molecule has 3 aromatic rings. The number of ether oxygens (including phenoxy) is 1. The number of aryl methyl sites for hydroxylation is 1. The molecule has 5 heterocycles. The molecule has 1 unspecified atom stereocenters. The lowest BCUT2D eigenvalue weighted by Crippen LogP contribution is -2.17. The van der Waals surface area contributed by atoms with Gasteiger partial charge in [0.25, 0.3) is 0 Å². The molecule has 0 aliphatic carbocycles. The van der Waals surface area contributed by atoms with Crippen molar-refractivity contribution in [2.75, 3.05) is 26.3 Å². The Morgan fingerprint density at radius 2 is 2.00 bits per heavy atom. The summed E-state index contributed by atoms with van der Waals surface area (Å²) in [6.07, 6.45) is 3.92. The van der Waals surface area contributed by atoms with Crippen LogP contribution in [0.4, 0.5) is 0 Å². The van der Waals surface area contributed by atoms with Gasteiger partial charge in [0.2, 0.25) is 5.82 Å². The van der Waals surface area contributed by atoms with E-state index in [0.29, 0.717) is 18.1 Å². The lowest BCUT2D eigenvalue weighted by atomic mass is 10.2. The number of imidazole rings is 1. The number of hydrogen-bond donors (Lipinski definition) is 1. The van der Waals surface area contributed by atoms with Gasteiger partial charge in [0, 0.05) is 38.9 Å². The van der Waals surface area contributed by atoms with Crippen LogP contribution in [0, 0.1) is 6.92 Å². The van der Waals surface area contributed by atoms with E-state index in [1.165, 1.54) is 0 Å². The van der Waals surface area contributed by atoms with Gasteiger partial charge in [-0.15, -0.1) is 35.0 Å². The first-order valence-corrected chi connectivity index (χ1v) is 9.40. The third-order valence-electron chi connectivity index (χ3n) is 5.05. The van der Waals surface area contributed by atoms with E-state index >= 15 is 0 Å². The Morgan fingerprint density at radius 3 is 2.76 bits per heavy atom. The summed E-state index contributed by atoms with van der Waals surface area (Å²) in [4.78, 5) is 9.65. The van der Waals surface area contributed by atoms with Crippen LogP contribution in [-0.2, 0) is 17.7 Å². The second kappa shape index (κ2) is 9.17. The predicted molar refractivity (Wildman–Crippen MR) is 113 cm³/mol. The second-order valence-corrected chi connectivity index (χ2v) is 7.02. The van der Waals surface area contributed by atoms with Gasteiger partial charge in [-0.3, -0.25) is 0 Å². The van der Waals surface area contributed by atoms with Crippen molar-refractivity contribution in [2.24, 2.45) is 0 Å². The molecule has 1 N–H and O–H groups in total. The van der Waals surface area contributed by atoms with E-state index in [-0.39, 0.29) is 30.9 Å². The van der Waals surface area contributed by atoms with Crippen molar-refractivity contribution in [3.05, 3.63) is 29.8 Å². The summed E-state index contributed by atoms with van der Waals surface area (Å²) in [5.74, 6) is 2.44. The topological polar surface area (TPSA) is 95.6 Å². The number of nitrogens with one attached hydrogen (secondary N) is 1. The average molecular weight is 439 g/mol. The molecule has 5 rings (SSSR count). The molecule has 0 saturated carbocycles. The molecule has 0 amide bonds. The van der Waals surface area contributed by atoms with Gasteiger partial charge in [-0.25, -0.2) is 14.6 Å². The van der Waals surface area contributed by atoms with E-state index in [1.54, 1.807) is 0 Å². The summed E-state index contributed by atoms with van der Waals surface area (Å²) in [5, 5.41) is 16.5. The number of rotatable bonds is 3. The van der Waals surface area contributed by atoms with Crippen molar-refractivity contribution in [3.63, 3.8) is 0 Å². The van der Waals surface area contributed by atoms with Crippen molar-refractivity contribution in [3.8, 4) is 23.0 Å². The number of fused-ring (bicyclic) bond motifs is 1. The highest BCUT2D eigenvalue weighted by Crippen LogP contribution is 2.28. The van der Waals surface area contributed by atoms with Crippen molar-refractivity contribution in [2.45, 2.75) is 32.4 Å². The highest BCUT2D eigenvalue weighted by atomic mass is 35.5. The monoisotopic (exact) mass is 438 g/mol. The van der Waals surface area contributed by atoms with E-state index in [4.69, 9.17) is 19.8 Å². The summed E-state index contributed by atoms with van der Waals surface area (Å²) in [7, 11) is 0. The summed E-state index contributed by atoms with van der Waals surface area (Å²) in [6, 6.07) is 4.00. The van der Waals surface area contributed by atoms with E-state index in [9.17, 15) is 0 Å². The van der Waals surface area contributed by atoms with Crippen molar-refractivity contribution in [1.82, 2.24) is 39.8 Å². The zero-order valence-electron chi connectivity index (χ0n) is 16.1. The van der Waals surface area contributed by atoms with Gasteiger partial charge in [-0.1, -0.05) is 0 Å². The predicted octanol–water partition coefficient (Wildman–Crippen LogP) is 1.86. The third-order valence-corrected chi connectivity index (χ3v) is 5.05. The van der Waals surface area contributed by atoms with Crippen LogP contribution in [0.25, 0.3) is 23.0 Å². The SMILES string of the molecule is Cc1ccc(-c2nc(-c3cn4c(n3)CCNCC4)n(C3CCOC3)n2)nn1.Cl.Cl. The summed E-state index contributed by atoms with van der Waals surface area (Å²) < 4.78 is 9.76. The van der Waals surface area contributed by atoms with Gasteiger partial charge in [-0.2, -0.15) is 5.10 Å². The Kier molecular flexibility index (Phi) is 6.84. The standard InChI is InChI=1S/C18H22N8O.2ClH/c1-12-2-3-14(23-22-12)17-21-18(26(24-17)13-5-9-27-11-13)15-10-25-8-7-19-6-4-16(25)20-15;;/h2-3,10,13,19H,4-9,11H2,1H3;2*1H. The molecule has 1 saturated heterocycles. The molecule has 11 heteroatoms. The number of nitrogens with zero attached hydrogens (tertiary/aromatic N) is 7. The molecule has 0 bridgehead atoms. The van der Waals surface area contributed by atoms with Gasteiger partial charge in [0.05, 0.1) is 18.3 Å². The highest BCUT2D eigenvalue weighted by molar-refractivity contribution is 5.85. The molecule has 3 aromatic heterocycles. The maximum absolute atomic E-state index is 5.58. The van der Waals surface area contributed by atoms with E-state index in [2.05, 4.69) is 26.3 Å². The molecule has 0 aromatic carbocycles. The van der Waals surface area contributed by atoms with Crippen LogP contribution in [0.3, 0.4) is 0 Å². The van der Waals surface area contributed by atoms with Gasteiger partial charge in [0.15, 0.2) is 5.82 Å². The molecule has 9 nitrogen and oxygen atoms in total. The van der Waals surface area contributed by atoms with Crippen LogP contribution in [0.5, 0.6) is 0 Å². The van der Waals surface area contributed by atoms with Crippen LogP contribution in [0.1, 0.15) is 24.0 Å². The van der Waals surface area contributed by atoms with E-state index in [1.807, 2.05) is 23.7 Å². The first-order chi connectivity index (χ1) is 13.3. The lowest BCUT2D eigenvalue weighted by molar-refractivity contribution is 0.185. The molecule has 2 aliphatic rings. The first kappa shape index (κ1) is 21.6. The van der Waals surface area contributed by atoms with Gasteiger partial charge >= 0.3 is 0 Å². The van der Waals surface area contributed by atoms with Crippen LogP contribution in [0.2, 0.25) is 0 Å².